The molecule has 0 unspecified atom stereocenters. The largest absolute Gasteiger partial charge is 0.346 e. The van der Waals surface area contributed by atoms with Crippen LogP contribution in [0.4, 0.5) is 16.2 Å². The van der Waals surface area contributed by atoms with E-state index in [-0.39, 0.29) is 17.1 Å². The summed E-state index contributed by atoms with van der Waals surface area (Å²) >= 11 is 5.77. The van der Waals surface area contributed by atoms with Gasteiger partial charge in [-0.05, 0) is 42.0 Å². The van der Waals surface area contributed by atoms with E-state index in [0.717, 1.165) is 0 Å². The van der Waals surface area contributed by atoms with Crippen molar-refractivity contribution >= 4 is 47.1 Å². The van der Waals surface area contributed by atoms with Gasteiger partial charge in [0, 0.05) is 28.5 Å². The van der Waals surface area contributed by atoms with Gasteiger partial charge in [-0.1, -0.05) is 29.8 Å². The van der Waals surface area contributed by atoms with Crippen molar-refractivity contribution in [1.82, 2.24) is 20.8 Å². The zero-order valence-electron chi connectivity index (χ0n) is 16.2. The van der Waals surface area contributed by atoms with Crippen molar-refractivity contribution in [3.63, 3.8) is 0 Å². The van der Waals surface area contributed by atoms with Crippen molar-refractivity contribution in [3.05, 3.63) is 97.2 Å². The number of nitrogens with one attached hydrogen (secondary N) is 4. The van der Waals surface area contributed by atoms with Crippen molar-refractivity contribution in [1.29, 1.82) is 0 Å². The average molecular weight is 455 g/mol. The Balaban J connectivity index is 1.65. The second kappa shape index (κ2) is 10.00. The van der Waals surface area contributed by atoms with Gasteiger partial charge >= 0.3 is 11.7 Å². The van der Waals surface area contributed by atoms with Crippen LogP contribution in [0, 0.1) is 10.1 Å². The van der Waals surface area contributed by atoms with Crippen LogP contribution in [-0.2, 0) is 0 Å². The van der Waals surface area contributed by atoms with Crippen LogP contribution in [0.15, 0.2) is 59.4 Å². The van der Waals surface area contributed by atoms with E-state index in [1.165, 1.54) is 36.4 Å². The molecule has 0 saturated heterocycles. The third-order valence-electron chi connectivity index (χ3n) is 3.93. The molecule has 3 aromatic rings. The van der Waals surface area contributed by atoms with Gasteiger partial charge in [0.25, 0.3) is 11.6 Å². The number of hydrogen-bond acceptors (Lipinski definition) is 6. The molecule has 0 atom stereocenters. The van der Waals surface area contributed by atoms with E-state index < -0.39 is 22.6 Å². The fourth-order valence-electron chi connectivity index (χ4n) is 2.48. The second-order valence-electron chi connectivity index (χ2n) is 6.25. The lowest BCUT2D eigenvalue weighted by molar-refractivity contribution is -0.384. The van der Waals surface area contributed by atoms with Crippen LogP contribution in [0.1, 0.15) is 21.7 Å². The third-order valence-corrected chi connectivity index (χ3v) is 4.18. The van der Waals surface area contributed by atoms with E-state index in [9.17, 15) is 24.5 Å². The lowest BCUT2D eigenvalue weighted by Crippen LogP contribution is -2.44. The van der Waals surface area contributed by atoms with Crippen LogP contribution in [-0.4, -0.2) is 26.8 Å². The first-order valence-corrected chi connectivity index (χ1v) is 9.35. The number of urea groups is 1. The van der Waals surface area contributed by atoms with Crippen LogP contribution >= 0.6 is 11.6 Å². The highest BCUT2D eigenvalue weighted by molar-refractivity contribution is 6.30. The number of non-ortho nitro benzene ring substituents is 1. The van der Waals surface area contributed by atoms with Gasteiger partial charge in [-0.15, -0.1) is 0 Å². The maximum atomic E-state index is 12.3. The minimum absolute atomic E-state index is 0.0848. The number of nitro groups is 1. The molecule has 1 heterocycles. The summed E-state index contributed by atoms with van der Waals surface area (Å²) in [7, 11) is 0. The molecule has 0 radical (unpaired) electrons. The Hall–Kier alpha value is -4.51. The van der Waals surface area contributed by atoms with E-state index in [4.69, 9.17) is 11.6 Å². The number of hydrogen-bond donors (Lipinski definition) is 4. The number of H-pyrrole nitrogens is 1. The lowest BCUT2D eigenvalue weighted by atomic mass is 10.1. The summed E-state index contributed by atoms with van der Waals surface area (Å²) < 4.78 is 0. The van der Waals surface area contributed by atoms with Crippen LogP contribution in [0.2, 0.25) is 5.02 Å². The second-order valence-corrected chi connectivity index (χ2v) is 6.69. The van der Waals surface area contributed by atoms with Crippen LogP contribution in [0.5, 0.6) is 0 Å². The normalized spacial score (nSPS) is 10.5. The fraction of sp³-hybridized carbons (Fsp3) is 0. The summed E-state index contributed by atoms with van der Waals surface area (Å²) in [5.41, 5.74) is 4.35. The Labute approximate surface area is 185 Å². The average Bonchev–Trinajstić information content (AvgIpc) is 2.77. The van der Waals surface area contributed by atoms with Crippen LogP contribution < -0.4 is 21.9 Å². The molecular formula is C20H15ClN6O5. The standard InChI is InChI=1S/C20H15ClN6O5/c21-13-5-8-14(9-6-13)22-20(30)26-25-18(28)17-11-15(23-19(29)24-17)7-4-12-2-1-3-16(10-12)27(31)32/h1-11H,(H,25,28)(H2,22,26,30)(H,23,24,29)/b7-4+. The molecule has 0 saturated carbocycles. The summed E-state index contributed by atoms with van der Waals surface area (Å²) in [6.45, 7) is 0. The van der Waals surface area contributed by atoms with Crippen LogP contribution in [0.3, 0.4) is 0 Å². The number of benzene rings is 2. The highest BCUT2D eigenvalue weighted by atomic mass is 35.5. The maximum Gasteiger partial charge on any atom is 0.346 e. The zero-order valence-corrected chi connectivity index (χ0v) is 16.9. The lowest BCUT2D eigenvalue weighted by Gasteiger charge is -2.09. The SMILES string of the molecule is O=C(NNC(=O)c1cc(/C=C/c2cccc([N+](=O)[O-])c2)[nH]c(=O)n1)Nc1ccc(Cl)cc1. The fourth-order valence-corrected chi connectivity index (χ4v) is 2.61. The molecule has 11 nitrogen and oxygen atoms in total. The monoisotopic (exact) mass is 454 g/mol. The number of amides is 3. The predicted molar refractivity (Wildman–Crippen MR) is 118 cm³/mol. The number of aromatic amines is 1. The number of hydrazine groups is 1. The van der Waals surface area contributed by atoms with Gasteiger partial charge in [-0.25, -0.2) is 15.0 Å². The smallest absolute Gasteiger partial charge is 0.307 e. The van der Waals surface area contributed by atoms with Crippen LogP contribution in [0.25, 0.3) is 12.2 Å². The van der Waals surface area contributed by atoms with E-state index >= 15 is 0 Å². The molecule has 0 fully saturated rings. The van der Waals surface area contributed by atoms with E-state index in [1.807, 2.05) is 0 Å². The molecule has 12 heteroatoms. The van der Waals surface area contributed by atoms with E-state index in [1.54, 1.807) is 30.3 Å². The first kappa shape index (κ1) is 22.2. The van der Waals surface area contributed by atoms with Crippen molar-refractivity contribution in [2.75, 3.05) is 5.32 Å². The van der Waals surface area contributed by atoms with Crippen molar-refractivity contribution in [3.8, 4) is 0 Å². The van der Waals surface area contributed by atoms with Crippen molar-refractivity contribution < 1.29 is 14.5 Å². The molecule has 1 aromatic heterocycles. The predicted octanol–water partition coefficient (Wildman–Crippen LogP) is 2.97. The van der Waals surface area contributed by atoms with Gasteiger partial charge in [0.15, 0.2) is 0 Å². The summed E-state index contributed by atoms with van der Waals surface area (Å²) in [5, 5.41) is 13.8. The molecule has 0 spiro atoms. The Kier molecular flexibility index (Phi) is 6.93. The molecule has 3 rings (SSSR count). The minimum Gasteiger partial charge on any atom is -0.307 e. The molecular weight excluding hydrogens is 440 g/mol. The number of nitro benzene ring substituents is 1. The first-order chi connectivity index (χ1) is 15.3. The summed E-state index contributed by atoms with van der Waals surface area (Å²) in [6.07, 6.45) is 2.98. The molecule has 3 amide bonds. The highest BCUT2D eigenvalue weighted by Crippen LogP contribution is 2.15. The number of nitrogens with zero attached hydrogens (tertiary/aromatic N) is 2. The molecule has 0 bridgehead atoms. The number of carbonyl (C=O) groups excluding carboxylic acids is 2. The Morgan fingerprint density at radius 2 is 1.81 bits per heavy atom. The number of anilines is 1. The van der Waals surface area contributed by atoms with Gasteiger partial charge in [0.2, 0.25) is 0 Å². The van der Waals surface area contributed by atoms with E-state index in [0.29, 0.717) is 16.3 Å². The number of carbonyl (C=O) groups is 2. The number of aromatic nitrogens is 2. The van der Waals surface area contributed by atoms with Gasteiger partial charge in [0.05, 0.1) is 4.92 Å². The maximum absolute atomic E-state index is 12.3. The first-order valence-electron chi connectivity index (χ1n) is 8.97. The summed E-state index contributed by atoms with van der Waals surface area (Å²) in [4.78, 5) is 52.3. The molecule has 2 aromatic carbocycles. The Bertz CT molecular complexity index is 1260. The molecule has 0 aliphatic carbocycles. The Morgan fingerprint density at radius 1 is 1.06 bits per heavy atom. The molecule has 4 N–H and O–H groups in total. The van der Waals surface area contributed by atoms with Gasteiger partial charge in [-0.3, -0.25) is 20.3 Å². The molecule has 0 aliphatic rings. The number of halogens is 1. The molecule has 32 heavy (non-hydrogen) atoms. The van der Waals surface area contributed by atoms with Gasteiger partial charge in [0.1, 0.15) is 5.69 Å². The van der Waals surface area contributed by atoms with Gasteiger partial charge < -0.3 is 10.3 Å². The number of rotatable bonds is 5. The van der Waals surface area contributed by atoms with Crippen molar-refractivity contribution in [2.24, 2.45) is 0 Å². The van der Waals surface area contributed by atoms with Crippen molar-refractivity contribution in [2.45, 2.75) is 0 Å². The van der Waals surface area contributed by atoms with Gasteiger partial charge in [-0.2, -0.15) is 4.98 Å². The molecule has 0 aliphatic heterocycles. The highest BCUT2D eigenvalue weighted by Gasteiger charge is 2.11. The topological polar surface area (TPSA) is 159 Å². The summed E-state index contributed by atoms with van der Waals surface area (Å²) in [6, 6.07) is 12.7. The minimum atomic E-state index is -0.827. The third kappa shape index (κ3) is 6.24. The van der Waals surface area contributed by atoms with E-state index in [2.05, 4.69) is 26.1 Å². The Morgan fingerprint density at radius 3 is 2.53 bits per heavy atom. The zero-order chi connectivity index (χ0) is 23.1. The quantitative estimate of drug-likeness (QED) is 0.342. The molecule has 162 valence electrons. The summed E-state index contributed by atoms with van der Waals surface area (Å²) in [5.74, 6) is -0.827.